The van der Waals surface area contributed by atoms with E-state index in [-0.39, 0.29) is 29.3 Å². The van der Waals surface area contributed by atoms with E-state index in [4.69, 9.17) is 5.73 Å². The zero-order chi connectivity index (χ0) is 20.8. The van der Waals surface area contributed by atoms with Gasteiger partial charge < -0.3 is 10.6 Å². The number of carbonyl (C=O) groups excluding carboxylic acids is 2. The Hall–Kier alpha value is -2.43. The van der Waals surface area contributed by atoms with Crippen LogP contribution in [0.5, 0.6) is 0 Å². The molecular weight excluding hydrogens is 374 g/mol. The molecule has 156 valence electrons. The fourth-order valence-electron chi connectivity index (χ4n) is 7.80. The van der Waals surface area contributed by atoms with Crippen molar-refractivity contribution in [2.75, 3.05) is 0 Å². The van der Waals surface area contributed by atoms with Crippen LogP contribution in [0, 0.1) is 28.6 Å². The van der Waals surface area contributed by atoms with Crippen LogP contribution >= 0.6 is 0 Å². The number of pyridine rings is 1. The van der Waals surface area contributed by atoms with Crippen LogP contribution in [-0.4, -0.2) is 27.7 Å². The van der Waals surface area contributed by atoms with Crippen molar-refractivity contribution in [1.29, 1.82) is 0 Å². The lowest BCUT2D eigenvalue weighted by molar-refractivity contribution is -0.198. The van der Waals surface area contributed by atoms with Crippen molar-refractivity contribution in [1.82, 2.24) is 9.88 Å². The SMILES string of the molecule is CC1(C)C(=O)N(C2C3CC4CC2CC(C(N)=O)(C4)C3)C1c1ccnc2ccccc12. The number of β-lactam (4-membered cyclic amide) rings is 1. The molecule has 1 aliphatic heterocycles. The van der Waals surface area contributed by atoms with Gasteiger partial charge in [-0.25, -0.2) is 0 Å². The minimum Gasteiger partial charge on any atom is -0.369 e. The summed E-state index contributed by atoms with van der Waals surface area (Å²) in [5.74, 6) is 1.50. The molecule has 1 saturated heterocycles. The standard InChI is InChI=1S/C25H29N3O2/c1-24(2)21(18-7-8-27-19-6-4-3-5-17(18)19)28(23(24)30)20-15-9-14-10-16(20)13-25(11-14,12-15)22(26)29/h3-8,14-16,20-21H,9-13H2,1-2H3,(H2,26,29). The van der Waals surface area contributed by atoms with Crippen molar-refractivity contribution in [3.8, 4) is 0 Å². The molecule has 5 fully saturated rings. The fraction of sp³-hybridized carbons (Fsp3) is 0.560. The molecule has 5 heteroatoms. The van der Waals surface area contributed by atoms with Crippen molar-refractivity contribution >= 4 is 22.7 Å². The Bertz CT molecular complexity index is 1060. The zero-order valence-electron chi connectivity index (χ0n) is 17.7. The lowest BCUT2D eigenvalue weighted by Gasteiger charge is -2.66. The van der Waals surface area contributed by atoms with Gasteiger partial charge in [0.15, 0.2) is 0 Å². The van der Waals surface area contributed by atoms with Crippen LogP contribution in [-0.2, 0) is 9.59 Å². The molecule has 3 atom stereocenters. The molecule has 5 nitrogen and oxygen atoms in total. The molecule has 4 saturated carbocycles. The number of hydrogen-bond acceptors (Lipinski definition) is 3. The van der Waals surface area contributed by atoms with Gasteiger partial charge in [-0.2, -0.15) is 0 Å². The summed E-state index contributed by atoms with van der Waals surface area (Å²) in [6.07, 6.45) is 6.80. The van der Waals surface area contributed by atoms with Gasteiger partial charge in [0.1, 0.15) is 0 Å². The number of aromatic nitrogens is 1. The molecule has 0 spiro atoms. The van der Waals surface area contributed by atoms with Gasteiger partial charge in [-0.15, -0.1) is 0 Å². The normalized spacial score (nSPS) is 38.7. The summed E-state index contributed by atoms with van der Waals surface area (Å²) in [6.45, 7) is 4.15. The molecule has 5 aliphatic rings. The Labute approximate surface area is 177 Å². The first-order valence-electron chi connectivity index (χ1n) is 11.3. The molecule has 1 aromatic carbocycles. The van der Waals surface area contributed by atoms with E-state index < -0.39 is 5.41 Å². The van der Waals surface area contributed by atoms with Gasteiger partial charge in [-0.05, 0) is 81.4 Å². The van der Waals surface area contributed by atoms with E-state index >= 15 is 0 Å². The quantitative estimate of drug-likeness (QED) is 0.792. The average molecular weight is 404 g/mol. The maximum Gasteiger partial charge on any atom is 0.231 e. The Kier molecular flexibility index (Phi) is 3.57. The first kappa shape index (κ1) is 18.3. The van der Waals surface area contributed by atoms with Crippen molar-refractivity contribution in [3.63, 3.8) is 0 Å². The molecule has 2 N–H and O–H groups in total. The predicted octanol–water partition coefficient (Wildman–Crippen LogP) is 3.82. The molecule has 30 heavy (non-hydrogen) atoms. The Morgan fingerprint density at radius 3 is 2.50 bits per heavy atom. The highest BCUT2D eigenvalue weighted by atomic mass is 16.2. The zero-order valence-corrected chi connectivity index (χ0v) is 17.7. The number of nitrogens with zero attached hydrogens (tertiary/aromatic N) is 2. The molecule has 3 unspecified atom stereocenters. The van der Waals surface area contributed by atoms with Gasteiger partial charge in [-0.1, -0.05) is 18.2 Å². The summed E-state index contributed by atoms with van der Waals surface area (Å²) in [6, 6.07) is 10.6. The predicted molar refractivity (Wildman–Crippen MR) is 114 cm³/mol. The third kappa shape index (κ3) is 2.21. The number of rotatable bonds is 3. The summed E-state index contributed by atoms with van der Waals surface area (Å²) < 4.78 is 0. The number of para-hydroxylation sites is 1. The van der Waals surface area contributed by atoms with E-state index in [2.05, 4.69) is 35.9 Å². The molecule has 0 radical (unpaired) electrons. The molecule has 4 bridgehead atoms. The minimum absolute atomic E-state index is 0.0463. The van der Waals surface area contributed by atoms with Crippen molar-refractivity contribution in [2.45, 2.75) is 58.0 Å². The van der Waals surface area contributed by atoms with E-state index in [1.54, 1.807) is 0 Å². The van der Waals surface area contributed by atoms with Crippen LogP contribution < -0.4 is 5.73 Å². The third-order valence-electron chi connectivity index (χ3n) is 8.79. The third-order valence-corrected chi connectivity index (χ3v) is 8.79. The number of benzene rings is 1. The van der Waals surface area contributed by atoms with Crippen LogP contribution in [0.3, 0.4) is 0 Å². The summed E-state index contributed by atoms with van der Waals surface area (Å²) in [7, 11) is 0. The molecule has 7 rings (SSSR count). The maximum absolute atomic E-state index is 13.5. The molecule has 2 aromatic rings. The molecule has 2 amide bonds. The smallest absolute Gasteiger partial charge is 0.231 e. The largest absolute Gasteiger partial charge is 0.369 e. The van der Waals surface area contributed by atoms with E-state index in [1.165, 1.54) is 5.56 Å². The molecule has 2 heterocycles. The van der Waals surface area contributed by atoms with Crippen molar-refractivity contribution in [2.24, 2.45) is 34.3 Å². The minimum atomic E-state index is -0.430. The number of amides is 2. The number of likely N-dealkylation sites (tertiary alicyclic amines) is 1. The van der Waals surface area contributed by atoms with Crippen molar-refractivity contribution < 1.29 is 9.59 Å². The fourth-order valence-corrected chi connectivity index (χ4v) is 7.80. The van der Waals surface area contributed by atoms with Gasteiger partial charge in [0, 0.05) is 23.0 Å². The van der Waals surface area contributed by atoms with E-state index in [0.717, 1.165) is 43.0 Å². The van der Waals surface area contributed by atoms with Crippen molar-refractivity contribution in [3.05, 3.63) is 42.1 Å². The van der Waals surface area contributed by atoms with Gasteiger partial charge >= 0.3 is 0 Å². The van der Waals surface area contributed by atoms with Gasteiger partial charge in [-0.3, -0.25) is 14.6 Å². The second-order valence-electron chi connectivity index (χ2n) is 10.9. The molecule has 4 aliphatic carbocycles. The van der Waals surface area contributed by atoms with E-state index in [1.807, 2.05) is 24.4 Å². The Balaban J connectivity index is 1.42. The van der Waals surface area contributed by atoms with Crippen LogP contribution in [0.2, 0.25) is 0 Å². The van der Waals surface area contributed by atoms with Crippen LogP contribution in [0.1, 0.15) is 57.6 Å². The molecular formula is C25H29N3O2. The monoisotopic (exact) mass is 403 g/mol. The van der Waals surface area contributed by atoms with Gasteiger partial charge in [0.25, 0.3) is 0 Å². The summed E-state index contributed by atoms with van der Waals surface area (Å²) in [5, 5.41) is 1.13. The summed E-state index contributed by atoms with van der Waals surface area (Å²) in [4.78, 5) is 32.5. The Morgan fingerprint density at radius 2 is 1.80 bits per heavy atom. The number of primary amides is 1. The van der Waals surface area contributed by atoms with Crippen LogP contribution in [0.25, 0.3) is 10.9 Å². The number of hydrogen-bond donors (Lipinski definition) is 1. The molecule has 1 aromatic heterocycles. The first-order chi connectivity index (χ1) is 14.3. The maximum atomic E-state index is 13.5. The first-order valence-corrected chi connectivity index (χ1v) is 11.3. The van der Waals surface area contributed by atoms with Gasteiger partial charge in [0.05, 0.1) is 17.0 Å². The lowest BCUT2D eigenvalue weighted by Crippen LogP contribution is -2.71. The van der Waals surface area contributed by atoms with E-state index in [0.29, 0.717) is 17.8 Å². The second-order valence-corrected chi connectivity index (χ2v) is 10.9. The highest BCUT2D eigenvalue weighted by Gasteiger charge is 2.65. The summed E-state index contributed by atoms with van der Waals surface area (Å²) >= 11 is 0. The second kappa shape index (κ2) is 5.83. The number of carbonyl (C=O) groups is 2. The van der Waals surface area contributed by atoms with E-state index in [9.17, 15) is 9.59 Å². The highest BCUT2D eigenvalue weighted by Crippen LogP contribution is 2.64. The van der Waals surface area contributed by atoms with Crippen LogP contribution in [0.15, 0.2) is 36.5 Å². The number of fused-ring (bicyclic) bond motifs is 1. The lowest BCUT2D eigenvalue weighted by atomic mass is 9.46. The number of nitrogens with two attached hydrogens (primary N) is 1. The van der Waals surface area contributed by atoms with Gasteiger partial charge in [0.2, 0.25) is 11.8 Å². The average Bonchev–Trinajstić information content (AvgIpc) is 2.71. The van der Waals surface area contributed by atoms with Crippen LogP contribution in [0.4, 0.5) is 0 Å². The highest BCUT2D eigenvalue weighted by molar-refractivity contribution is 5.93. The topological polar surface area (TPSA) is 76.3 Å². The Morgan fingerprint density at radius 1 is 1.10 bits per heavy atom. The summed E-state index contributed by atoms with van der Waals surface area (Å²) in [5.41, 5.74) is 7.30.